The Hall–Kier alpha value is -1.29. The molecular weight excluding hydrogens is 334 g/mol. The molecule has 6 heteroatoms. The molecule has 0 atom stereocenters. The van der Waals surface area contributed by atoms with E-state index >= 15 is 0 Å². The number of rotatable bonds is 3. The van der Waals surface area contributed by atoms with Crippen molar-refractivity contribution in [3.63, 3.8) is 0 Å². The summed E-state index contributed by atoms with van der Waals surface area (Å²) in [5.74, 6) is 0.748. The lowest BCUT2D eigenvalue weighted by atomic mass is 10.2. The molecule has 1 heterocycles. The maximum Gasteiger partial charge on any atom is 0.125 e. The van der Waals surface area contributed by atoms with E-state index in [-0.39, 0.29) is 5.82 Å². The summed E-state index contributed by atoms with van der Waals surface area (Å²) in [6.45, 7) is 0. The molecular formula is C15H10Cl3FN2. The maximum absolute atomic E-state index is 13.6. The molecule has 0 unspecified atom stereocenters. The van der Waals surface area contributed by atoms with E-state index in [1.54, 1.807) is 28.8 Å². The minimum atomic E-state index is -0.343. The summed E-state index contributed by atoms with van der Waals surface area (Å²) in [7, 11) is 0. The molecule has 21 heavy (non-hydrogen) atoms. The zero-order chi connectivity index (χ0) is 15.0. The number of fused-ring (bicyclic) bond motifs is 1. The number of para-hydroxylation sites is 1. The second-order valence-electron chi connectivity index (χ2n) is 4.51. The van der Waals surface area contributed by atoms with Crippen LogP contribution in [0.1, 0.15) is 5.82 Å². The van der Waals surface area contributed by atoms with Crippen molar-refractivity contribution in [2.45, 2.75) is 6.42 Å². The third-order valence-corrected chi connectivity index (χ3v) is 3.96. The van der Waals surface area contributed by atoms with Crippen molar-refractivity contribution >= 4 is 45.8 Å². The van der Waals surface area contributed by atoms with E-state index in [1.165, 1.54) is 12.1 Å². The van der Waals surface area contributed by atoms with Gasteiger partial charge in [0.25, 0.3) is 0 Å². The number of benzene rings is 2. The fourth-order valence-electron chi connectivity index (χ4n) is 2.30. The Morgan fingerprint density at radius 2 is 1.81 bits per heavy atom. The van der Waals surface area contributed by atoms with Crippen molar-refractivity contribution in [3.05, 3.63) is 58.1 Å². The predicted octanol–water partition coefficient (Wildman–Crippen LogP) is 5.25. The Balaban J connectivity index is 2.38. The van der Waals surface area contributed by atoms with Crippen LogP contribution >= 0.6 is 34.8 Å². The topological polar surface area (TPSA) is 17.8 Å². The third kappa shape index (κ3) is 2.61. The summed E-state index contributed by atoms with van der Waals surface area (Å²) >= 11 is 18.4. The zero-order valence-corrected chi connectivity index (χ0v) is 13.1. The summed E-state index contributed by atoms with van der Waals surface area (Å²) in [5.41, 5.74) is 1.88. The van der Waals surface area contributed by atoms with Crippen molar-refractivity contribution in [3.8, 4) is 5.69 Å². The van der Waals surface area contributed by atoms with Crippen molar-refractivity contribution in [2.24, 2.45) is 0 Å². The first-order valence-corrected chi connectivity index (χ1v) is 7.58. The van der Waals surface area contributed by atoms with Crippen LogP contribution in [0.4, 0.5) is 4.39 Å². The Bertz CT molecular complexity index is 794. The van der Waals surface area contributed by atoms with Gasteiger partial charge in [-0.25, -0.2) is 9.37 Å². The molecule has 0 aliphatic rings. The first-order chi connectivity index (χ1) is 10.1. The normalized spacial score (nSPS) is 11.2. The van der Waals surface area contributed by atoms with Crippen LogP contribution < -0.4 is 0 Å². The summed E-state index contributed by atoms with van der Waals surface area (Å²) in [4.78, 5) is 4.50. The molecule has 1 aromatic heterocycles. The molecule has 108 valence electrons. The van der Waals surface area contributed by atoms with Crippen LogP contribution in [-0.2, 0) is 6.42 Å². The number of halogens is 4. The van der Waals surface area contributed by atoms with Gasteiger partial charge >= 0.3 is 0 Å². The quantitative estimate of drug-likeness (QED) is 0.594. The molecule has 0 amide bonds. The van der Waals surface area contributed by atoms with Gasteiger partial charge in [0.05, 0.1) is 26.8 Å². The third-order valence-electron chi connectivity index (χ3n) is 3.17. The van der Waals surface area contributed by atoms with E-state index in [0.29, 0.717) is 44.9 Å². The van der Waals surface area contributed by atoms with Crippen LogP contribution in [0, 0.1) is 5.82 Å². The van der Waals surface area contributed by atoms with Gasteiger partial charge in [-0.1, -0.05) is 29.3 Å². The maximum atomic E-state index is 13.6. The number of alkyl halides is 1. The molecule has 0 fully saturated rings. The number of aromatic nitrogens is 2. The molecule has 0 N–H and O–H groups in total. The molecule has 2 aromatic carbocycles. The predicted molar refractivity (Wildman–Crippen MR) is 85.5 cm³/mol. The number of hydrogen-bond acceptors (Lipinski definition) is 1. The summed E-state index contributed by atoms with van der Waals surface area (Å²) in [6.07, 6.45) is 0.527. The Labute approximate surface area is 136 Å². The fourth-order valence-corrected chi connectivity index (χ4v) is 3.04. The van der Waals surface area contributed by atoms with E-state index in [2.05, 4.69) is 4.98 Å². The highest BCUT2D eigenvalue weighted by Gasteiger charge is 2.17. The molecule has 2 nitrogen and oxygen atoms in total. The molecule has 0 saturated carbocycles. The first-order valence-electron chi connectivity index (χ1n) is 6.29. The Morgan fingerprint density at radius 1 is 1.10 bits per heavy atom. The van der Waals surface area contributed by atoms with Crippen LogP contribution in [0.3, 0.4) is 0 Å². The van der Waals surface area contributed by atoms with Gasteiger partial charge < -0.3 is 0 Å². The Kier molecular flexibility index (Phi) is 4.07. The molecule has 0 saturated heterocycles. The van der Waals surface area contributed by atoms with Crippen molar-refractivity contribution in [2.75, 3.05) is 5.88 Å². The van der Waals surface area contributed by atoms with Crippen LogP contribution in [-0.4, -0.2) is 15.4 Å². The summed E-state index contributed by atoms with van der Waals surface area (Å²) < 4.78 is 15.4. The molecule has 0 aliphatic heterocycles. The highest BCUT2D eigenvalue weighted by atomic mass is 35.5. The lowest BCUT2D eigenvalue weighted by molar-refractivity contribution is 0.629. The minimum Gasteiger partial charge on any atom is -0.293 e. The van der Waals surface area contributed by atoms with Crippen molar-refractivity contribution in [1.82, 2.24) is 9.55 Å². The van der Waals surface area contributed by atoms with E-state index in [1.807, 2.05) is 0 Å². The number of aryl methyl sites for hydroxylation is 1. The van der Waals surface area contributed by atoms with Crippen LogP contribution in [0.2, 0.25) is 10.0 Å². The smallest absolute Gasteiger partial charge is 0.125 e. The highest BCUT2D eigenvalue weighted by molar-refractivity contribution is 6.37. The van der Waals surface area contributed by atoms with Gasteiger partial charge in [-0.3, -0.25) is 4.57 Å². The average molecular weight is 344 g/mol. The molecule has 3 aromatic rings. The average Bonchev–Trinajstić information content (AvgIpc) is 2.77. The standard InChI is InChI=1S/C15H10Cl3FN2/c16-7-6-14-20-12-5-4-9(19)8-13(12)21(14)15-10(17)2-1-3-11(15)18/h1-5,8H,6-7H2. The fraction of sp³-hybridized carbons (Fsp3) is 0.133. The van der Waals surface area contributed by atoms with E-state index < -0.39 is 0 Å². The first kappa shape index (κ1) is 14.6. The second kappa shape index (κ2) is 5.84. The Morgan fingerprint density at radius 3 is 2.48 bits per heavy atom. The van der Waals surface area contributed by atoms with Gasteiger partial charge in [-0.2, -0.15) is 0 Å². The second-order valence-corrected chi connectivity index (χ2v) is 5.70. The monoisotopic (exact) mass is 342 g/mol. The summed E-state index contributed by atoms with van der Waals surface area (Å²) in [5, 5.41) is 0.948. The van der Waals surface area contributed by atoms with Crippen molar-refractivity contribution in [1.29, 1.82) is 0 Å². The lowest BCUT2D eigenvalue weighted by Gasteiger charge is -2.12. The van der Waals surface area contributed by atoms with E-state index in [9.17, 15) is 4.39 Å². The SMILES string of the molecule is Fc1ccc2nc(CCCl)n(-c3c(Cl)cccc3Cl)c2c1. The lowest BCUT2D eigenvalue weighted by Crippen LogP contribution is -2.03. The van der Waals surface area contributed by atoms with E-state index in [0.717, 1.165) is 0 Å². The van der Waals surface area contributed by atoms with Gasteiger partial charge in [-0.15, -0.1) is 11.6 Å². The highest BCUT2D eigenvalue weighted by Crippen LogP contribution is 2.33. The number of imidazole rings is 1. The van der Waals surface area contributed by atoms with Gasteiger partial charge in [-0.05, 0) is 24.3 Å². The van der Waals surface area contributed by atoms with Gasteiger partial charge in [0, 0.05) is 18.4 Å². The van der Waals surface area contributed by atoms with Crippen LogP contribution in [0.15, 0.2) is 36.4 Å². The van der Waals surface area contributed by atoms with Crippen LogP contribution in [0.25, 0.3) is 16.7 Å². The zero-order valence-electron chi connectivity index (χ0n) is 10.8. The molecule has 0 bridgehead atoms. The number of nitrogens with zero attached hydrogens (tertiary/aromatic N) is 2. The van der Waals surface area contributed by atoms with Crippen molar-refractivity contribution < 1.29 is 4.39 Å². The van der Waals surface area contributed by atoms with E-state index in [4.69, 9.17) is 34.8 Å². The van der Waals surface area contributed by atoms with Gasteiger partial charge in [0.15, 0.2) is 0 Å². The molecule has 0 radical (unpaired) electrons. The molecule has 3 rings (SSSR count). The minimum absolute atomic E-state index is 0.343. The van der Waals surface area contributed by atoms with Crippen LogP contribution in [0.5, 0.6) is 0 Å². The number of hydrogen-bond donors (Lipinski definition) is 0. The van der Waals surface area contributed by atoms with Gasteiger partial charge in [0.1, 0.15) is 11.6 Å². The summed E-state index contributed by atoms with van der Waals surface area (Å²) in [6, 6.07) is 9.65. The largest absolute Gasteiger partial charge is 0.293 e. The molecule has 0 aliphatic carbocycles. The van der Waals surface area contributed by atoms with Gasteiger partial charge in [0.2, 0.25) is 0 Å². The molecule has 0 spiro atoms.